The zero-order valence-electron chi connectivity index (χ0n) is 12.3. The topological polar surface area (TPSA) is 52.6 Å². The summed E-state index contributed by atoms with van der Waals surface area (Å²) in [6.45, 7) is 8.94. The molecule has 2 atom stereocenters. The first-order valence-electron chi connectivity index (χ1n) is 7.05. The number of hydrogen-bond acceptors (Lipinski definition) is 4. The maximum atomic E-state index is 12.3. The van der Waals surface area contributed by atoms with E-state index in [9.17, 15) is 9.35 Å². The fourth-order valence-electron chi connectivity index (χ4n) is 2.28. The lowest BCUT2D eigenvalue weighted by Crippen LogP contribution is -2.43. The lowest BCUT2D eigenvalue weighted by atomic mass is 9.98. The Kier molecular flexibility index (Phi) is 6.89. The number of esters is 1. The van der Waals surface area contributed by atoms with Gasteiger partial charge in [-0.05, 0) is 19.3 Å². The molecule has 0 spiro atoms. The second-order valence-electron chi connectivity index (χ2n) is 5.05. The van der Waals surface area contributed by atoms with Crippen LogP contribution in [0.5, 0.6) is 0 Å². The van der Waals surface area contributed by atoms with Gasteiger partial charge in [-0.15, -0.1) is 4.31 Å². The number of rotatable bonds is 7. The maximum Gasteiger partial charge on any atom is 0.335 e. The van der Waals surface area contributed by atoms with Crippen LogP contribution in [0.4, 0.5) is 0 Å². The summed E-state index contributed by atoms with van der Waals surface area (Å²) < 4.78 is 19.3. The summed E-state index contributed by atoms with van der Waals surface area (Å²) in [6, 6.07) is -0.0864. The minimum Gasteiger partial charge on any atom is -0.598 e. The standard InChI is InChI=1S/C14H25NO3S/c1-5-7-10-19(17)15-9-8-12(13(15)11(3)4)14(16)18-6-2/h8,11,13H,5-7,9-10H2,1-4H3/t13-,19?/m1/s1. The van der Waals surface area contributed by atoms with Gasteiger partial charge < -0.3 is 9.29 Å². The summed E-state index contributed by atoms with van der Waals surface area (Å²) in [5.74, 6) is 0.642. The highest BCUT2D eigenvalue weighted by atomic mass is 32.2. The van der Waals surface area contributed by atoms with E-state index in [1.807, 2.05) is 24.2 Å². The molecule has 0 radical (unpaired) electrons. The van der Waals surface area contributed by atoms with Crippen LogP contribution in [0.3, 0.4) is 0 Å². The molecule has 0 aromatic carbocycles. The van der Waals surface area contributed by atoms with Crippen LogP contribution in [0, 0.1) is 5.92 Å². The van der Waals surface area contributed by atoms with E-state index in [4.69, 9.17) is 4.74 Å². The molecule has 19 heavy (non-hydrogen) atoms. The molecular weight excluding hydrogens is 262 g/mol. The molecule has 4 nitrogen and oxygen atoms in total. The number of hydrogen-bond donors (Lipinski definition) is 0. The molecule has 0 fully saturated rings. The first-order chi connectivity index (χ1) is 9.02. The van der Waals surface area contributed by atoms with Crippen LogP contribution in [0.2, 0.25) is 0 Å². The van der Waals surface area contributed by atoms with Gasteiger partial charge in [-0.25, -0.2) is 4.79 Å². The smallest absolute Gasteiger partial charge is 0.335 e. The van der Waals surface area contributed by atoms with Gasteiger partial charge in [0.2, 0.25) is 0 Å². The fraction of sp³-hybridized carbons (Fsp3) is 0.786. The quantitative estimate of drug-likeness (QED) is 0.532. The largest absolute Gasteiger partial charge is 0.598 e. The van der Waals surface area contributed by atoms with Gasteiger partial charge in [0.05, 0.1) is 24.8 Å². The predicted octanol–water partition coefficient (Wildman–Crippen LogP) is 2.28. The number of nitrogens with zero attached hydrogens (tertiary/aromatic N) is 1. The van der Waals surface area contributed by atoms with E-state index in [2.05, 4.69) is 6.92 Å². The van der Waals surface area contributed by atoms with Crippen molar-refractivity contribution in [3.8, 4) is 0 Å². The predicted molar refractivity (Wildman–Crippen MR) is 78.0 cm³/mol. The summed E-state index contributed by atoms with van der Waals surface area (Å²) in [6.07, 6.45) is 3.85. The van der Waals surface area contributed by atoms with Gasteiger partial charge in [0.25, 0.3) is 0 Å². The van der Waals surface area contributed by atoms with Crippen molar-refractivity contribution >= 4 is 17.3 Å². The third-order valence-corrected chi connectivity index (χ3v) is 4.73. The van der Waals surface area contributed by atoms with Crippen molar-refractivity contribution in [2.45, 2.75) is 46.6 Å². The van der Waals surface area contributed by atoms with Crippen LogP contribution in [-0.4, -0.2) is 39.8 Å². The zero-order valence-corrected chi connectivity index (χ0v) is 13.2. The van der Waals surface area contributed by atoms with Gasteiger partial charge in [0.15, 0.2) is 0 Å². The van der Waals surface area contributed by atoms with E-state index in [-0.39, 0.29) is 17.9 Å². The number of carbonyl (C=O) groups excluding carboxylic acids is 1. The Morgan fingerprint density at radius 1 is 1.58 bits per heavy atom. The van der Waals surface area contributed by atoms with E-state index in [1.54, 1.807) is 6.92 Å². The van der Waals surface area contributed by atoms with Crippen LogP contribution < -0.4 is 0 Å². The minimum absolute atomic E-state index is 0.0864. The highest BCUT2D eigenvalue weighted by molar-refractivity contribution is 7.89. The van der Waals surface area contributed by atoms with E-state index in [1.165, 1.54) is 0 Å². The van der Waals surface area contributed by atoms with Crippen molar-refractivity contribution < 1.29 is 14.1 Å². The molecule has 0 aromatic heterocycles. The Balaban J connectivity index is 2.74. The van der Waals surface area contributed by atoms with Crippen LogP contribution in [-0.2, 0) is 20.9 Å². The zero-order chi connectivity index (χ0) is 14.4. The molecule has 1 rings (SSSR count). The maximum absolute atomic E-state index is 12.3. The highest BCUT2D eigenvalue weighted by Gasteiger charge is 2.40. The van der Waals surface area contributed by atoms with Crippen molar-refractivity contribution in [3.05, 3.63) is 11.6 Å². The Hall–Kier alpha value is -0.520. The molecule has 110 valence electrons. The second kappa shape index (κ2) is 7.92. The van der Waals surface area contributed by atoms with Crippen molar-refractivity contribution in [2.75, 3.05) is 18.9 Å². The molecule has 1 aliphatic heterocycles. The third kappa shape index (κ3) is 4.23. The Labute approximate surface area is 119 Å². The molecule has 0 saturated carbocycles. The van der Waals surface area contributed by atoms with Crippen molar-refractivity contribution in [1.82, 2.24) is 4.31 Å². The normalized spacial score (nSPS) is 21.6. The van der Waals surface area contributed by atoms with E-state index in [0.717, 1.165) is 12.8 Å². The van der Waals surface area contributed by atoms with Crippen molar-refractivity contribution in [2.24, 2.45) is 5.92 Å². The number of carbonyl (C=O) groups is 1. The molecule has 0 saturated heterocycles. The van der Waals surface area contributed by atoms with Gasteiger partial charge in [0, 0.05) is 11.4 Å². The third-order valence-electron chi connectivity index (χ3n) is 3.20. The van der Waals surface area contributed by atoms with Gasteiger partial charge in [-0.3, -0.25) is 0 Å². The van der Waals surface area contributed by atoms with Crippen molar-refractivity contribution in [1.29, 1.82) is 0 Å². The number of ether oxygens (including phenoxy) is 1. The van der Waals surface area contributed by atoms with Crippen molar-refractivity contribution in [3.63, 3.8) is 0 Å². The van der Waals surface area contributed by atoms with Crippen LogP contribution in [0.1, 0.15) is 40.5 Å². The minimum atomic E-state index is -1.01. The molecule has 0 N–H and O–H groups in total. The van der Waals surface area contributed by atoms with Crippen LogP contribution >= 0.6 is 0 Å². The molecule has 0 aromatic rings. The summed E-state index contributed by atoms with van der Waals surface area (Å²) >= 11 is -1.01. The SMILES string of the molecule is CCCC[S+]([O-])N1CC=C(C(=O)OCC)[C@H]1C(C)C. The molecule has 1 heterocycles. The van der Waals surface area contributed by atoms with Gasteiger partial charge in [-0.2, -0.15) is 0 Å². The van der Waals surface area contributed by atoms with E-state index in [0.29, 0.717) is 24.5 Å². The Morgan fingerprint density at radius 2 is 2.26 bits per heavy atom. The first-order valence-corrected chi connectivity index (χ1v) is 8.32. The Morgan fingerprint density at radius 3 is 2.79 bits per heavy atom. The lowest BCUT2D eigenvalue weighted by Gasteiger charge is -2.29. The van der Waals surface area contributed by atoms with Gasteiger partial charge in [0.1, 0.15) is 5.75 Å². The monoisotopic (exact) mass is 287 g/mol. The van der Waals surface area contributed by atoms with Crippen LogP contribution in [0.15, 0.2) is 11.6 Å². The average molecular weight is 287 g/mol. The highest BCUT2D eigenvalue weighted by Crippen LogP contribution is 2.29. The molecular formula is C14H25NO3S. The molecule has 0 aliphatic carbocycles. The second-order valence-corrected chi connectivity index (χ2v) is 6.57. The summed E-state index contributed by atoms with van der Waals surface area (Å²) in [4.78, 5) is 11.9. The molecule has 0 amide bonds. The Bertz CT molecular complexity index is 331. The van der Waals surface area contributed by atoms with Gasteiger partial charge in [-0.1, -0.05) is 33.3 Å². The molecule has 5 heteroatoms. The molecule has 1 aliphatic rings. The van der Waals surface area contributed by atoms with E-state index >= 15 is 0 Å². The van der Waals surface area contributed by atoms with Crippen LogP contribution in [0.25, 0.3) is 0 Å². The summed E-state index contributed by atoms with van der Waals surface area (Å²) in [5, 5.41) is 0. The first kappa shape index (κ1) is 16.5. The summed E-state index contributed by atoms with van der Waals surface area (Å²) in [7, 11) is 0. The number of unbranched alkanes of at least 4 members (excludes halogenated alkanes) is 1. The molecule has 0 bridgehead atoms. The fourth-order valence-corrected chi connectivity index (χ4v) is 3.90. The molecule has 1 unspecified atom stereocenters. The van der Waals surface area contributed by atoms with Gasteiger partial charge >= 0.3 is 5.97 Å². The average Bonchev–Trinajstić information content (AvgIpc) is 2.81. The summed E-state index contributed by atoms with van der Waals surface area (Å²) in [5.41, 5.74) is 0.668. The lowest BCUT2D eigenvalue weighted by molar-refractivity contribution is -0.139. The van der Waals surface area contributed by atoms with E-state index < -0.39 is 11.4 Å².